The highest BCUT2D eigenvalue weighted by Crippen LogP contribution is 2.30. The maximum atomic E-state index is 13.5. The molecule has 3 aromatic heterocycles. The van der Waals surface area contributed by atoms with Crippen molar-refractivity contribution in [2.45, 2.75) is 46.1 Å². The van der Waals surface area contributed by atoms with Crippen LogP contribution in [0.1, 0.15) is 50.1 Å². The molecule has 34 heavy (non-hydrogen) atoms. The van der Waals surface area contributed by atoms with Crippen molar-refractivity contribution < 1.29 is 4.42 Å². The molecule has 0 bridgehead atoms. The second-order valence-electron chi connectivity index (χ2n) is 8.67. The molecule has 0 saturated carbocycles. The summed E-state index contributed by atoms with van der Waals surface area (Å²) < 4.78 is 7.44. The van der Waals surface area contributed by atoms with E-state index in [-0.39, 0.29) is 11.5 Å². The third kappa shape index (κ3) is 3.91. The molecule has 0 unspecified atom stereocenters. The number of tetrazole rings is 1. The van der Waals surface area contributed by atoms with Gasteiger partial charge in [-0.15, -0.1) is 10.2 Å². The summed E-state index contributed by atoms with van der Waals surface area (Å²) >= 11 is 0. The van der Waals surface area contributed by atoms with E-state index in [4.69, 9.17) is 9.40 Å². The van der Waals surface area contributed by atoms with Gasteiger partial charge in [-0.05, 0) is 34.2 Å². The standard InChI is InChI=1S/C26H26N6O2/c1-4-7-22-27-25-23(21(15-34-25)16(2)3)26(33)32(22)14-17-10-12-18(13-11-17)19-8-5-6-9-20(19)24-28-30-31-29-24/h5-6,8-13,15-16H,4,7,14H2,1-3H3,(H,28,29,30,31). The molecule has 0 aliphatic rings. The minimum absolute atomic E-state index is 0.0440. The average molecular weight is 455 g/mol. The van der Waals surface area contributed by atoms with E-state index in [0.29, 0.717) is 29.9 Å². The van der Waals surface area contributed by atoms with E-state index < -0.39 is 0 Å². The molecule has 0 aliphatic heterocycles. The molecule has 8 heteroatoms. The Bertz CT molecular complexity index is 1480. The maximum Gasteiger partial charge on any atom is 0.265 e. The lowest BCUT2D eigenvalue weighted by molar-refractivity contribution is 0.581. The molecule has 8 nitrogen and oxygen atoms in total. The summed E-state index contributed by atoms with van der Waals surface area (Å²) in [5.74, 6) is 1.48. The first-order valence-electron chi connectivity index (χ1n) is 11.5. The van der Waals surface area contributed by atoms with E-state index in [1.165, 1.54) is 0 Å². The van der Waals surface area contributed by atoms with Crippen molar-refractivity contribution in [2.75, 3.05) is 0 Å². The van der Waals surface area contributed by atoms with Crippen LogP contribution >= 0.6 is 0 Å². The third-order valence-corrected chi connectivity index (χ3v) is 6.02. The molecule has 1 N–H and O–H groups in total. The van der Waals surface area contributed by atoms with Crippen molar-refractivity contribution in [1.29, 1.82) is 0 Å². The molecule has 0 radical (unpaired) electrons. The molecule has 0 amide bonds. The summed E-state index contributed by atoms with van der Waals surface area (Å²) in [5, 5.41) is 15.0. The smallest absolute Gasteiger partial charge is 0.265 e. The minimum atomic E-state index is -0.0440. The lowest BCUT2D eigenvalue weighted by atomic mass is 9.98. The topological polar surface area (TPSA) is 102 Å². The highest BCUT2D eigenvalue weighted by Gasteiger charge is 2.19. The highest BCUT2D eigenvalue weighted by molar-refractivity contribution is 5.80. The monoisotopic (exact) mass is 454 g/mol. The normalized spacial score (nSPS) is 11.5. The van der Waals surface area contributed by atoms with E-state index in [9.17, 15) is 4.79 Å². The molecule has 0 fully saturated rings. The zero-order valence-corrected chi connectivity index (χ0v) is 19.4. The number of furan rings is 1. The summed E-state index contributed by atoms with van der Waals surface area (Å²) in [7, 11) is 0. The van der Waals surface area contributed by atoms with Gasteiger partial charge in [0.25, 0.3) is 5.56 Å². The van der Waals surface area contributed by atoms with E-state index >= 15 is 0 Å². The number of nitrogens with zero attached hydrogens (tertiary/aromatic N) is 5. The van der Waals surface area contributed by atoms with Crippen LogP contribution in [0.4, 0.5) is 0 Å². The van der Waals surface area contributed by atoms with Crippen molar-refractivity contribution >= 4 is 11.1 Å². The van der Waals surface area contributed by atoms with Crippen molar-refractivity contribution in [2.24, 2.45) is 0 Å². The number of aromatic amines is 1. The molecule has 5 aromatic rings. The largest absolute Gasteiger partial charge is 0.446 e. The van der Waals surface area contributed by atoms with Crippen molar-refractivity contribution in [3.05, 3.63) is 82.1 Å². The Morgan fingerprint density at radius 2 is 1.82 bits per heavy atom. The van der Waals surface area contributed by atoms with Gasteiger partial charge in [0.15, 0.2) is 0 Å². The molecule has 3 heterocycles. The minimum Gasteiger partial charge on any atom is -0.446 e. The van der Waals surface area contributed by atoms with Crippen molar-refractivity contribution in [3.63, 3.8) is 0 Å². The number of aromatic nitrogens is 6. The van der Waals surface area contributed by atoms with Crippen LogP contribution in [-0.4, -0.2) is 30.2 Å². The summed E-state index contributed by atoms with van der Waals surface area (Å²) in [6, 6.07) is 16.2. The number of fused-ring (bicyclic) bond motifs is 1. The van der Waals surface area contributed by atoms with Crippen LogP contribution in [0, 0.1) is 0 Å². The van der Waals surface area contributed by atoms with Gasteiger partial charge < -0.3 is 4.42 Å². The summed E-state index contributed by atoms with van der Waals surface area (Å²) in [4.78, 5) is 18.2. The molecule has 2 aromatic carbocycles. The van der Waals surface area contributed by atoms with Crippen LogP contribution in [0.15, 0.2) is 64.0 Å². The number of aryl methyl sites for hydroxylation is 1. The third-order valence-electron chi connectivity index (χ3n) is 6.02. The molecule has 5 rings (SSSR count). The molecule has 0 saturated heterocycles. The van der Waals surface area contributed by atoms with E-state index in [1.54, 1.807) is 10.8 Å². The van der Waals surface area contributed by atoms with E-state index in [2.05, 4.69) is 53.5 Å². The predicted octanol–water partition coefficient (Wildman–Crippen LogP) is 4.96. The molecular weight excluding hydrogens is 428 g/mol. The summed E-state index contributed by atoms with van der Waals surface area (Å²) in [6.07, 6.45) is 3.26. The summed E-state index contributed by atoms with van der Waals surface area (Å²) in [5.41, 5.74) is 5.27. The Labute approximate surface area is 196 Å². The van der Waals surface area contributed by atoms with Gasteiger partial charge in [-0.2, -0.15) is 10.2 Å². The molecule has 0 spiro atoms. The van der Waals surface area contributed by atoms with Crippen LogP contribution in [0.25, 0.3) is 33.6 Å². The maximum absolute atomic E-state index is 13.5. The van der Waals surface area contributed by atoms with Crippen molar-refractivity contribution in [1.82, 2.24) is 30.2 Å². The zero-order valence-electron chi connectivity index (χ0n) is 19.4. The summed E-state index contributed by atoms with van der Waals surface area (Å²) in [6.45, 7) is 6.64. The first-order chi connectivity index (χ1) is 16.6. The van der Waals surface area contributed by atoms with E-state index in [1.807, 2.05) is 36.4 Å². The average Bonchev–Trinajstić information content (AvgIpc) is 3.53. The van der Waals surface area contributed by atoms with Gasteiger partial charge in [0.05, 0.1) is 12.8 Å². The van der Waals surface area contributed by atoms with E-state index in [0.717, 1.165) is 40.1 Å². The Balaban J connectivity index is 1.52. The number of H-pyrrole nitrogens is 1. The van der Waals surface area contributed by atoms with Crippen LogP contribution in [-0.2, 0) is 13.0 Å². The molecule has 172 valence electrons. The quantitative estimate of drug-likeness (QED) is 0.373. The first kappa shape index (κ1) is 21.8. The number of hydrogen-bond acceptors (Lipinski definition) is 6. The van der Waals surface area contributed by atoms with Gasteiger partial charge in [0.2, 0.25) is 11.5 Å². The predicted molar refractivity (Wildman–Crippen MR) is 131 cm³/mol. The lowest BCUT2D eigenvalue weighted by Crippen LogP contribution is -2.26. The van der Waals surface area contributed by atoms with Gasteiger partial charge in [0, 0.05) is 17.5 Å². The molecule has 0 aliphatic carbocycles. The Morgan fingerprint density at radius 3 is 2.50 bits per heavy atom. The fourth-order valence-electron chi connectivity index (χ4n) is 4.27. The molecular formula is C26H26N6O2. The zero-order chi connectivity index (χ0) is 23.7. The second kappa shape index (κ2) is 9.05. The molecule has 0 atom stereocenters. The highest BCUT2D eigenvalue weighted by atomic mass is 16.3. The van der Waals surface area contributed by atoms with Gasteiger partial charge in [-0.25, -0.2) is 0 Å². The number of benzene rings is 2. The Morgan fingerprint density at radius 1 is 1.06 bits per heavy atom. The number of rotatable bonds is 7. The van der Waals surface area contributed by atoms with Crippen molar-refractivity contribution in [3.8, 4) is 22.5 Å². The second-order valence-corrected chi connectivity index (χ2v) is 8.67. The van der Waals surface area contributed by atoms with Gasteiger partial charge in [0.1, 0.15) is 11.2 Å². The van der Waals surface area contributed by atoms with Gasteiger partial charge in [-0.1, -0.05) is 69.3 Å². The number of hydrogen-bond donors (Lipinski definition) is 1. The van der Waals surface area contributed by atoms with Gasteiger partial charge in [-0.3, -0.25) is 9.36 Å². The lowest BCUT2D eigenvalue weighted by Gasteiger charge is -2.13. The fraction of sp³-hybridized carbons (Fsp3) is 0.269. The first-order valence-corrected chi connectivity index (χ1v) is 11.5. The number of nitrogens with one attached hydrogen (secondary N) is 1. The SMILES string of the molecule is CCCc1nc2occ(C(C)C)c2c(=O)n1Cc1ccc(-c2ccccc2-c2nn[nH]n2)cc1. The van der Waals surface area contributed by atoms with Crippen LogP contribution in [0.3, 0.4) is 0 Å². The van der Waals surface area contributed by atoms with Crippen LogP contribution < -0.4 is 5.56 Å². The Hall–Kier alpha value is -4.07. The van der Waals surface area contributed by atoms with Gasteiger partial charge >= 0.3 is 0 Å². The Kier molecular flexibility index (Phi) is 5.79. The van der Waals surface area contributed by atoms with Crippen LogP contribution in [0.2, 0.25) is 0 Å². The van der Waals surface area contributed by atoms with Crippen LogP contribution in [0.5, 0.6) is 0 Å². The fourth-order valence-corrected chi connectivity index (χ4v) is 4.27.